The summed E-state index contributed by atoms with van der Waals surface area (Å²) in [5.74, 6) is -0.892. The SMILES string of the molecule is CCCC(C(=O)NC(C)(C)C)N(C(=O)c1snc(C(N)=O)c1N)c1ccc(OC)c(OC)c1. The lowest BCUT2D eigenvalue weighted by Crippen LogP contribution is -2.54. The Balaban J connectivity index is 2.68. The topological polar surface area (TPSA) is 150 Å². The van der Waals surface area contributed by atoms with Crippen LogP contribution in [0.2, 0.25) is 0 Å². The smallest absolute Gasteiger partial charge is 0.272 e. The van der Waals surface area contributed by atoms with Crippen molar-refractivity contribution in [1.82, 2.24) is 9.69 Å². The molecule has 0 saturated heterocycles. The molecule has 1 aromatic carbocycles. The number of amides is 3. The maximum atomic E-state index is 13.8. The highest BCUT2D eigenvalue weighted by Crippen LogP contribution is 2.35. The minimum atomic E-state index is -0.863. The van der Waals surface area contributed by atoms with Crippen LogP contribution in [0, 0.1) is 0 Å². The maximum Gasteiger partial charge on any atom is 0.272 e. The highest BCUT2D eigenvalue weighted by Gasteiger charge is 2.35. The molecule has 0 spiro atoms. The zero-order valence-corrected chi connectivity index (χ0v) is 20.5. The summed E-state index contributed by atoms with van der Waals surface area (Å²) in [6.45, 7) is 7.49. The first-order valence-corrected chi connectivity index (χ1v) is 11.1. The van der Waals surface area contributed by atoms with Crippen molar-refractivity contribution in [2.24, 2.45) is 5.73 Å². The van der Waals surface area contributed by atoms with Crippen LogP contribution in [0.15, 0.2) is 18.2 Å². The third kappa shape index (κ3) is 5.92. The lowest BCUT2D eigenvalue weighted by atomic mass is 10.0. The molecule has 1 unspecified atom stereocenters. The summed E-state index contributed by atoms with van der Waals surface area (Å²) in [5.41, 5.74) is 10.9. The van der Waals surface area contributed by atoms with Gasteiger partial charge >= 0.3 is 0 Å². The average molecular weight is 478 g/mol. The number of carbonyl (C=O) groups is 3. The number of ether oxygens (including phenoxy) is 2. The number of carbonyl (C=O) groups excluding carboxylic acids is 3. The van der Waals surface area contributed by atoms with E-state index < -0.39 is 23.4 Å². The fraction of sp³-hybridized carbons (Fsp3) is 0.455. The molecule has 0 saturated carbocycles. The lowest BCUT2D eigenvalue weighted by Gasteiger charge is -2.33. The van der Waals surface area contributed by atoms with Crippen LogP contribution in [0.1, 0.15) is 60.7 Å². The van der Waals surface area contributed by atoms with Crippen molar-refractivity contribution >= 4 is 40.6 Å². The number of rotatable bonds is 9. The number of benzene rings is 1. The zero-order valence-electron chi connectivity index (χ0n) is 19.7. The van der Waals surface area contributed by atoms with Gasteiger partial charge in [0.05, 0.1) is 19.9 Å². The molecule has 0 aliphatic rings. The lowest BCUT2D eigenvalue weighted by molar-refractivity contribution is -0.123. The Bertz CT molecular complexity index is 1030. The first kappa shape index (κ1) is 25.9. The predicted octanol–water partition coefficient (Wildman–Crippen LogP) is 2.57. The van der Waals surface area contributed by atoms with Gasteiger partial charge in [0.2, 0.25) is 5.91 Å². The number of hydrogen-bond donors (Lipinski definition) is 3. The fourth-order valence-electron chi connectivity index (χ4n) is 3.26. The molecule has 1 aromatic heterocycles. The fourth-order valence-corrected chi connectivity index (χ4v) is 4.00. The van der Waals surface area contributed by atoms with Gasteiger partial charge in [-0.2, -0.15) is 4.37 Å². The summed E-state index contributed by atoms with van der Waals surface area (Å²) < 4.78 is 14.6. The molecule has 0 aliphatic carbocycles. The van der Waals surface area contributed by atoms with Crippen LogP contribution in [0.3, 0.4) is 0 Å². The quantitative estimate of drug-likeness (QED) is 0.502. The Kier molecular flexibility index (Phi) is 8.26. The first-order valence-electron chi connectivity index (χ1n) is 10.4. The molecule has 1 heterocycles. The minimum Gasteiger partial charge on any atom is -0.493 e. The van der Waals surface area contributed by atoms with Crippen molar-refractivity contribution in [3.63, 3.8) is 0 Å². The molecule has 0 radical (unpaired) electrons. The van der Waals surface area contributed by atoms with Crippen LogP contribution >= 0.6 is 11.5 Å². The molecule has 10 nitrogen and oxygen atoms in total. The van der Waals surface area contributed by atoms with Crippen molar-refractivity contribution in [3.8, 4) is 11.5 Å². The minimum absolute atomic E-state index is 0.0169. The number of nitrogen functional groups attached to an aromatic ring is 1. The molecule has 11 heteroatoms. The normalized spacial score (nSPS) is 12.1. The number of aromatic nitrogens is 1. The number of methoxy groups -OCH3 is 2. The Hall–Kier alpha value is -3.34. The number of nitrogens with one attached hydrogen (secondary N) is 1. The van der Waals surface area contributed by atoms with E-state index in [0.717, 1.165) is 11.5 Å². The van der Waals surface area contributed by atoms with Gasteiger partial charge in [-0.1, -0.05) is 13.3 Å². The van der Waals surface area contributed by atoms with E-state index in [1.54, 1.807) is 18.2 Å². The van der Waals surface area contributed by atoms with E-state index in [0.29, 0.717) is 30.0 Å². The highest BCUT2D eigenvalue weighted by atomic mass is 32.1. The van der Waals surface area contributed by atoms with E-state index in [4.69, 9.17) is 20.9 Å². The highest BCUT2D eigenvalue weighted by molar-refractivity contribution is 7.09. The standard InChI is InChI=1S/C22H31N5O5S/c1-7-8-13(20(29)25-22(2,3)4)27(12-9-10-14(31-5)15(11-12)32-6)21(30)18-16(23)17(19(24)28)26-33-18/h9-11,13H,7-8,23H2,1-6H3,(H2,24,28)(H,25,29). The second-order valence-corrected chi connectivity index (χ2v) is 9.17. The van der Waals surface area contributed by atoms with Gasteiger partial charge in [-0.3, -0.25) is 19.3 Å². The Morgan fingerprint density at radius 2 is 1.82 bits per heavy atom. The van der Waals surface area contributed by atoms with Gasteiger partial charge in [-0.15, -0.1) is 0 Å². The van der Waals surface area contributed by atoms with E-state index in [9.17, 15) is 14.4 Å². The summed E-state index contributed by atoms with van der Waals surface area (Å²) in [6, 6.07) is 4.04. The first-order chi connectivity index (χ1) is 15.4. The van der Waals surface area contributed by atoms with Gasteiger partial charge in [0.25, 0.3) is 11.8 Å². The van der Waals surface area contributed by atoms with E-state index in [1.807, 2.05) is 27.7 Å². The Morgan fingerprint density at radius 1 is 1.18 bits per heavy atom. The summed E-state index contributed by atoms with van der Waals surface area (Å²) in [4.78, 5) is 40.0. The summed E-state index contributed by atoms with van der Waals surface area (Å²) in [6.07, 6.45) is 1.01. The van der Waals surface area contributed by atoms with Gasteiger partial charge in [0.15, 0.2) is 17.2 Å². The largest absolute Gasteiger partial charge is 0.493 e. The van der Waals surface area contributed by atoms with Gasteiger partial charge in [0.1, 0.15) is 10.9 Å². The number of nitrogens with zero attached hydrogens (tertiary/aromatic N) is 2. The average Bonchev–Trinajstić information content (AvgIpc) is 3.13. The maximum absolute atomic E-state index is 13.8. The number of nitrogens with two attached hydrogens (primary N) is 2. The van der Waals surface area contributed by atoms with E-state index in [2.05, 4.69) is 9.69 Å². The molecule has 0 aliphatic heterocycles. The van der Waals surface area contributed by atoms with Crippen molar-refractivity contribution in [2.45, 2.75) is 52.1 Å². The summed E-state index contributed by atoms with van der Waals surface area (Å²) in [7, 11) is 2.98. The zero-order chi connectivity index (χ0) is 24.9. The molecule has 33 heavy (non-hydrogen) atoms. The van der Waals surface area contributed by atoms with Crippen LogP contribution < -0.4 is 31.2 Å². The van der Waals surface area contributed by atoms with Gasteiger partial charge in [-0.25, -0.2) is 0 Å². The van der Waals surface area contributed by atoms with Crippen molar-refractivity contribution in [2.75, 3.05) is 24.9 Å². The van der Waals surface area contributed by atoms with Crippen LogP contribution in [-0.2, 0) is 4.79 Å². The second-order valence-electron chi connectivity index (χ2n) is 8.40. The molecule has 180 valence electrons. The van der Waals surface area contributed by atoms with Gasteiger partial charge < -0.3 is 26.3 Å². The Labute approximate surface area is 197 Å². The van der Waals surface area contributed by atoms with Crippen LogP contribution in [-0.4, -0.2) is 47.9 Å². The second kappa shape index (κ2) is 10.5. The summed E-state index contributed by atoms with van der Waals surface area (Å²) in [5, 5.41) is 2.94. The molecule has 0 fully saturated rings. The van der Waals surface area contributed by atoms with Crippen molar-refractivity contribution < 1.29 is 23.9 Å². The predicted molar refractivity (Wildman–Crippen MR) is 128 cm³/mol. The van der Waals surface area contributed by atoms with Gasteiger partial charge in [0, 0.05) is 17.3 Å². The molecular formula is C22H31N5O5S. The van der Waals surface area contributed by atoms with Crippen LogP contribution in [0.5, 0.6) is 11.5 Å². The molecule has 0 bridgehead atoms. The summed E-state index contributed by atoms with van der Waals surface area (Å²) >= 11 is 0.759. The monoisotopic (exact) mass is 477 g/mol. The molecular weight excluding hydrogens is 446 g/mol. The molecule has 1 atom stereocenters. The molecule has 5 N–H and O–H groups in total. The third-order valence-electron chi connectivity index (χ3n) is 4.69. The third-order valence-corrected chi connectivity index (χ3v) is 5.55. The van der Waals surface area contributed by atoms with Gasteiger partial charge in [-0.05, 0) is 50.9 Å². The van der Waals surface area contributed by atoms with E-state index in [-0.39, 0.29) is 22.2 Å². The van der Waals surface area contributed by atoms with Crippen LogP contribution in [0.4, 0.5) is 11.4 Å². The Morgan fingerprint density at radius 3 is 2.30 bits per heavy atom. The van der Waals surface area contributed by atoms with Crippen LogP contribution in [0.25, 0.3) is 0 Å². The van der Waals surface area contributed by atoms with Crippen molar-refractivity contribution in [1.29, 1.82) is 0 Å². The molecule has 2 rings (SSSR count). The van der Waals surface area contributed by atoms with Crippen molar-refractivity contribution in [3.05, 3.63) is 28.8 Å². The number of hydrogen-bond acceptors (Lipinski definition) is 8. The van der Waals surface area contributed by atoms with E-state index in [1.165, 1.54) is 19.1 Å². The van der Waals surface area contributed by atoms with E-state index >= 15 is 0 Å². The molecule has 3 amide bonds. The molecule has 2 aromatic rings. The number of anilines is 2. The number of primary amides is 1.